The van der Waals surface area contributed by atoms with Gasteiger partial charge in [-0.25, -0.2) is 9.78 Å². The molecule has 0 saturated heterocycles. The first-order chi connectivity index (χ1) is 15.8. The van der Waals surface area contributed by atoms with Crippen molar-refractivity contribution in [2.45, 2.75) is 25.2 Å². The number of oxazole rings is 1. The molecule has 2 aromatic rings. The molecule has 0 saturated carbocycles. The van der Waals surface area contributed by atoms with Crippen LogP contribution in [-0.2, 0) is 30.3 Å². The molecule has 2 atom stereocenters. The number of rotatable bonds is 8. The Bertz CT molecular complexity index is 1110. The number of carbonyl (C=O) groups excluding carboxylic acids is 2. The second kappa shape index (κ2) is 10.6. The van der Waals surface area contributed by atoms with E-state index in [2.05, 4.69) is 9.98 Å². The number of carbonyl (C=O) groups is 3. The Balaban J connectivity index is 2.28. The fraction of sp³-hybridized carbons (Fsp3) is 0.318. The van der Waals surface area contributed by atoms with Crippen LogP contribution in [0.2, 0.25) is 10.0 Å². The Morgan fingerprint density at radius 2 is 1.82 bits per heavy atom. The minimum Gasteiger partial charge on any atom is -0.481 e. The normalized spacial score (nSPS) is 18.0. The SMILES string of the molecule is COC(=O)C1=C(CCc2ncco2)N=C(CC(=O)O)C(C(=O)OC)C1c1c(Cl)cccc1Cl. The molecule has 1 aromatic carbocycles. The zero-order chi connectivity index (χ0) is 24.1. The second-order valence-electron chi connectivity index (χ2n) is 7.07. The van der Waals surface area contributed by atoms with Gasteiger partial charge in [0.2, 0.25) is 0 Å². The van der Waals surface area contributed by atoms with Crippen molar-refractivity contribution < 1.29 is 33.4 Å². The largest absolute Gasteiger partial charge is 0.481 e. The third kappa shape index (κ3) is 5.26. The lowest BCUT2D eigenvalue weighted by Crippen LogP contribution is -2.38. The monoisotopic (exact) mass is 494 g/mol. The van der Waals surface area contributed by atoms with Gasteiger partial charge < -0.3 is 19.0 Å². The molecular weight excluding hydrogens is 475 g/mol. The number of aromatic nitrogens is 1. The highest BCUT2D eigenvalue weighted by atomic mass is 35.5. The van der Waals surface area contributed by atoms with Crippen molar-refractivity contribution in [3.8, 4) is 0 Å². The van der Waals surface area contributed by atoms with Crippen LogP contribution in [0.5, 0.6) is 0 Å². The summed E-state index contributed by atoms with van der Waals surface area (Å²) in [4.78, 5) is 46.0. The van der Waals surface area contributed by atoms with Crippen LogP contribution in [0.1, 0.15) is 30.2 Å². The maximum atomic E-state index is 13.0. The van der Waals surface area contributed by atoms with Crippen LogP contribution in [0, 0.1) is 5.92 Å². The highest BCUT2D eigenvalue weighted by Crippen LogP contribution is 2.46. The van der Waals surface area contributed by atoms with E-state index in [1.165, 1.54) is 19.6 Å². The number of allylic oxidation sites excluding steroid dienone is 1. The summed E-state index contributed by atoms with van der Waals surface area (Å²) in [6.07, 6.45) is 2.74. The average molecular weight is 495 g/mol. The van der Waals surface area contributed by atoms with Crippen molar-refractivity contribution >= 4 is 46.8 Å². The number of esters is 2. The Kier molecular flexibility index (Phi) is 7.88. The zero-order valence-corrected chi connectivity index (χ0v) is 19.2. The molecule has 0 amide bonds. The molecule has 11 heteroatoms. The molecule has 0 aliphatic carbocycles. The van der Waals surface area contributed by atoms with E-state index in [0.29, 0.717) is 5.89 Å². The molecular formula is C22H20Cl2N2O7. The molecule has 0 spiro atoms. The van der Waals surface area contributed by atoms with E-state index in [1.807, 2.05) is 0 Å². The molecule has 1 aliphatic heterocycles. The number of hydrogen-bond donors (Lipinski definition) is 1. The Morgan fingerprint density at radius 1 is 1.12 bits per heavy atom. The molecule has 1 aromatic heterocycles. The topological polar surface area (TPSA) is 128 Å². The number of carboxylic acids is 1. The standard InChI is InChI=1S/C22H20Cl2N2O7/c1-31-21(29)18-13(6-7-15-25-8-9-33-15)26-14(10-16(27)28)19(22(30)32-2)20(18)17-11(23)4-3-5-12(17)24/h3-5,8-9,19-20H,6-7,10H2,1-2H3,(H,27,28). The van der Waals surface area contributed by atoms with Gasteiger partial charge in [-0.15, -0.1) is 0 Å². The maximum absolute atomic E-state index is 13.0. The van der Waals surface area contributed by atoms with Gasteiger partial charge in [0.05, 0.1) is 38.1 Å². The molecule has 3 rings (SSSR count). The molecule has 0 bridgehead atoms. The lowest BCUT2D eigenvalue weighted by Gasteiger charge is -2.33. The maximum Gasteiger partial charge on any atom is 0.336 e. The highest BCUT2D eigenvalue weighted by Gasteiger charge is 2.46. The molecule has 2 heterocycles. The van der Waals surface area contributed by atoms with Crippen LogP contribution in [0.25, 0.3) is 0 Å². The molecule has 0 radical (unpaired) electrons. The van der Waals surface area contributed by atoms with Gasteiger partial charge in [-0.3, -0.25) is 14.6 Å². The van der Waals surface area contributed by atoms with E-state index in [9.17, 15) is 19.5 Å². The van der Waals surface area contributed by atoms with E-state index in [-0.39, 0.29) is 45.4 Å². The third-order valence-electron chi connectivity index (χ3n) is 5.16. The lowest BCUT2D eigenvalue weighted by molar-refractivity contribution is -0.143. The molecule has 0 fully saturated rings. The molecule has 2 unspecified atom stereocenters. The summed E-state index contributed by atoms with van der Waals surface area (Å²) in [5, 5.41) is 9.85. The van der Waals surface area contributed by atoms with Crippen molar-refractivity contribution in [2.75, 3.05) is 14.2 Å². The van der Waals surface area contributed by atoms with Gasteiger partial charge in [0.25, 0.3) is 0 Å². The van der Waals surface area contributed by atoms with Crippen LogP contribution < -0.4 is 0 Å². The highest BCUT2D eigenvalue weighted by molar-refractivity contribution is 6.36. The van der Waals surface area contributed by atoms with E-state index < -0.39 is 36.2 Å². The number of methoxy groups -OCH3 is 2. The molecule has 1 aliphatic rings. The van der Waals surface area contributed by atoms with Crippen LogP contribution in [-0.4, -0.2) is 47.9 Å². The van der Waals surface area contributed by atoms with Crippen LogP contribution in [0.15, 0.2) is 51.3 Å². The molecule has 33 heavy (non-hydrogen) atoms. The number of benzene rings is 1. The predicted molar refractivity (Wildman–Crippen MR) is 118 cm³/mol. The van der Waals surface area contributed by atoms with E-state index in [0.717, 1.165) is 7.11 Å². The van der Waals surface area contributed by atoms with Crippen LogP contribution in [0.3, 0.4) is 0 Å². The number of aryl methyl sites for hydroxylation is 1. The van der Waals surface area contributed by atoms with Gasteiger partial charge in [-0.05, 0) is 24.1 Å². The number of aliphatic imine (C=N–C) groups is 1. The zero-order valence-electron chi connectivity index (χ0n) is 17.7. The number of aliphatic carboxylic acids is 1. The summed E-state index contributed by atoms with van der Waals surface area (Å²) >= 11 is 12.9. The van der Waals surface area contributed by atoms with E-state index in [1.54, 1.807) is 18.2 Å². The third-order valence-corrected chi connectivity index (χ3v) is 5.81. The van der Waals surface area contributed by atoms with Crippen LogP contribution >= 0.6 is 23.2 Å². The average Bonchev–Trinajstić information content (AvgIpc) is 3.29. The van der Waals surface area contributed by atoms with Gasteiger partial charge in [-0.2, -0.15) is 0 Å². The minimum atomic E-state index is -1.26. The fourth-order valence-corrected chi connectivity index (χ4v) is 4.44. The Hall–Kier alpha value is -3.17. The number of ether oxygens (including phenoxy) is 2. The Labute approximate surface area is 199 Å². The summed E-state index contributed by atoms with van der Waals surface area (Å²) < 4.78 is 15.2. The van der Waals surface area contributed by atoms with Crippen molar-refractivity contribution in [1.82, 2.24) is 4.98 Å². The summed E-state index contributed by atoms with van der Waals surface area (Å²) in [5.74, 6) is -4.71. The summed E-state index contributed by atoms with van der Waals surface area (Å²) in [5.41, 5.74) is 0.523. The first-order valence-electron chi connectivity index (χ1n) is 9.79. The summed E-state index contributed by atoms with van der Waals surface area (Å²) in [6.45, 7) is 0. The van der Waals surface area contributed by atoms with Gasteiger partial charge >= 0.3 is 17.9 Å². The minimum absolute atomic E-state index is 0.00499. The van der Waals surface area contributed by atoms with Crippen molar-refractivity contribution in [2.24, 2.45) is 10.9 Å². The first kappa shape index (κ1) is 24.5. The van der Waals surface area contributed by atoms with E-state index >= 15 is 0 Å². The summed E-state index contributed by atoms with van der Waals surface area (Å²) in [7, 11) is 2.35. The predicted octanol–water partition coefficient (Wildman–Crippen LogP) is 3.84. The van der Waals surface area contributed by atoms with Gasteiger partial charge in [-0.1, -0.05) is 29.3 Å². The van der Waals surface area contributed by atoms with Gasteiger partial charge in [0.1, 0.15) is 12.2 Å². The van der Waals surface area contributed by atoms with E-state index in [4.69, 9.17) is 37.1 Å². The summed E-state index contributed by atoms with van der Waals surface area (Å²) in [6, 6.07) is 4.73. The fourth-order valence-electron chi connectivity index (χ4n) is 3.81. The van der Waals surface area contributed by atoms with Crippen molar-refractivity contribution in [3.63, 3.8) is 0 Å². The Morgan fingerprint density at radius 3 is 2.36 bits per heavy atom. The molecule has 1 N–H and O–H groups in total. The van der Waals surface area contributed by atoms with Crippen molar-refractivity contribution in [3.05, 3.63) is 63.4 Å². The van der Waals surface area contributed by atoms with Crippen molar-refractivity contribution in [1.29, 1.82) is 0 Å². The molecule has 174 valence electrons. The quantitative estimate of drug-likeness (QED) is 0.547. The second-order valence-corrected chi connectivity index (χ2v) is 7.88. The number of hydrogen-bond acceptors (Lipinski definition) is 8. The molecule has 9 nitrogen and oxygen atoms in total. The number of carboxylic acid groups (broad SMARTS) is 1. The number of nitrogens with zero attached hydrogens (tertiary/aromatic N) is 2. The van der Waals surface area contributed by atoms with Gasteiger partial charge in [0, 0.05) is 28.1 Å². The van der Waals surface area contributed by atoms with Gasteiger partial charge in [0.15, 0.2) is 5.89 Å². The van der Waals surface area contributed by atoms with Crippen LogP contribution in [0.4, 0.5) is 0 Å². The number of halogens is 2. The smallest absolute Gasteiger partial charge is 0.336 e. The first-order valence-corrected chi connectivity index (χ1v) is 10.5. The lowest BCUT2D eigenvalue weighted by atomic mass is 9.74.